The van der Waals surface area contributed by atoms with Gasteiger partial charge in [-0.25, -0.2) is 0 Å². The highest BCUT2D eigenvalue weighted by Crippen LogP contribution is 1.83. The van der Waals surface area contributed by atoms with Gasteiger partial charge in [0.05, 0.1) is 13.2 Å². The van der Waals surface area contributed by atoms with Crippen molar-refractivity contribution in [3.05, 3.63) is 0 Å². The van der Waals surface area contributed by atoms with Crippen molar-refractivity contribution in [2.45, 2.75) is 6.42 Å². The zero-order valence-electron chi connectivity index (χ0n) is 8.88. The summed E-state index contributed by atoms with van der Waals surface area (Å²) in [4.78, 5) is 13.0. The van der Waals surface area contributed by atoms with Crippen molar-refractivity contribution in [3.8, 4) is 0 Å². The number of carbonyl (C=O) groups excluding carboxylic acids is 1. The largest absolute Gasteiger partial charge is 0.378 e. The average molecular weight is 223 g/mol. The van der Waals surface area contributed by atoms with Crippen LogP contribution in [0.1, 0.15) is 6.42 Å². The molecular weight excluding hydrogens is 204 g/mol. The number of nitrogens with zero attached hydrogens (tertiary/aromatic N) is 1. The summed E-state index contributed by atoms with van der Waals surface area (Å²) in [5.41, 5.74) is 0. The fraction of sp³-hybridized carbons (Fsp3) is 0.889. The molecule has 84 valence electrons. The smallest absolute Gasteiger partial charge is 0.221 e. The lowest BCUT2D eigenvalue weighted by Gasteiger charge is -2.10. The zero-order valence-corrected chi connectivity index (χ0v) is 9.64. The minimum Gasteiger partial charge on any atom is -0.378 e. The Morgan fingerprint density at radius 1 is 1.43 bits per heavy atom. The molecule has 4 nitrogen and oxygen atoms in total. The molecule has 0 aliphatic carbocycles. The van der Waals surface area contributed by atoms with E-state index in [4.69, 9.17) is 16.3 Å². The van der Waals surface area contributed by atoms with Crippen LogP contribution in [0.4, 0.5) is 0 Å². The van der Waals surface area contributed by atoms with Crippen molar-refractivity contribution in [2.24, 2.45) is 0 Å². The molecule has 0 bridgehead atoms. The van der Waals surface area contributed by atoms with Crippen LogP contribution in [-0.2, 0) is 9.53 Å². The van der Waals surface area contributed by atoms with E-state index in [1.807, 2.05) is 19.0 Å². The first-order chi connectivity index (χ1) is 6.66. The lowest BCUT2D eigenvalue weighted by atomic mass is 10.4. The minimum atomic E-state index is -0.0174. The Morgan fingerprint density at radius 2 is 2.14 bits per heavy atom. The summed E-state index contributed by atoms with van der Waals surface area (Å²) in [5.74, 6) is 0.351. The minimum absolute atomic E-state index is 0.0174. The molecule has 0 aromatic rings. The van der Waals surface area contributed by atoms with Gasteiger partial charge in [-0.15, -0.1) is 11.6 Å². The van der Waals surface area contributed by atoms with E-state index in [9.17, 15) is 4.79 Å². The first kappa shape index (κ1) is 13.7. The molecule has 1 amide bonds. The highest BCUT2D eigenvalue weighted by Gasteiger charge is 1.97. The van der Waals surface area contributed by atoms with E-state index in [0.717, 1.165) is 6.54 Å². The molecule has 0 aromatic carbocycles. The quantitative estimate of drug-likeness (QED) is 0.475. The van der Waals surface area contributed by atoms with E-state index in [0.29, 0.717) is 32.1 Å². The Kier molecular flexibility index (Phi) is 9.03. The molecule has 0 aromatic heterocycles. The van der Waals surface area contributed by atoms with Crippen LogP contribution in [0.15, 0.2) is 0 Å². The molecule has 0 aliphatic heterocycles. The summed E-state index contributed by atoms with van der Waals surface area (Å²) >= 11 is 5.40. The predicted molar refractivity (Wildman–Crippen MR) is 57.7 cm³/mol. The van der Waals surface area contributed by atoms with E-state index in [-0.39, 0.29) is 5.91 Å². The lowest BCUT2D eigenvalue weighted by molar-refractivity contribution is -0.120. The molecule has 14 heavy (non-hydrogen) atoms. The van der Waals surface area contributed by atoms with Gasteiger partial charge in [0.2, 0.25) is 5.91 Å². The number of ether oxygens (including phenoxy) is 1. The fourth-order valence-electron chi connectivity index (χ4n) is 0.786. The van der Waals surface area contributed by atoms with Crippen molar-refractivity contribution < 1.29 is 9.53 Å². The zero-order chi connectivity index (χ0) is 10.8. The molecular formula is C9H19ClN2O2. The second kappa shape index (κ2) is 9.24. The highest BCUT2D eigenvalue weighted by atomic mass is 35.5. The number of carbonyl (C=O) groups is 1. The third-order valence-electron chi connectivity index (χ3n) is 1.57. The molecule has 0 saturated carbocycles. The maximum atomic E-state index is 10.9. The Bertz CT molecular complexity index is 154. The number of nitrogens with one attached hydrogen (secondary N) is 1. The van der Waals surface area contributed by atoms with Crippen molar-refractivity contribution in [1.82, 2.24) is 10.2 Å². The van der Waals surface area contributed by atoms with Crippen molar-refractivity contribution in [1.29, 1.82) is 0 Å². The highest BCUT2D eigenvalue weighted by molar-refractivity contribution is 6.18. The standard InChI is InChI=1S/C9H19ClN2O2/c1-12(2)6-8-14-7-5-11-9(13)3-4-10/h3-8H2,1-2H3,(H,11,13). The average Bonchev–Trinajstić information content (AvgIpc) is 2.11. The summed E-state index contributed by atoms with van der Waals surface area (Å²) < 4.78 is 5.28. The monoisotopic (exact) mass is 222 g/mol. The van der Waals surface area contributed by atoms with Gasteiger partial charge in [-0.1, -0.05) is 0 Å². The number of halogens is 1. The third-order valence-corrected chi connectivity index (χ3v) is 1.76. The van der Waals surface area contributed by atoms with Crippen LogP contribution < -0.4 is 5.32 Å². The first-order valence-electron chi connectivity index (χ1n) is 4.72. The van der Waals surface area contributed by atoms with Gasteiger partial charge in [-0.2, -0.15) is 0 Å². The molecule has 0 rings (SSSR count). The maximum Gasteiger partial charge on any atom is 0.221 e. The fourth-order valence-corrected chi connectivity index (χ4v) is 0.958. The van der Waals surface area contributed by atoms with Crippen LogP contribution in [0.25, 0.3) is 0 Å². The van der Waals surface area contributed by atoms with Gasteiger partial charge in [0, 0.05) is 25.4 Å². The van der Waals surface area contributed by atoms with Crippen molar-refractivity contribution >= 4 is 17.5 Å². The van der Waals surface area contributed by atoms with Gasteiger partial charge in [0.15, 0.2) is 0 Å². The van der Waals surface area contributed by atoms with Crippen LogP contribution in [0.3, 0.4) is 0 Å². The SMILES string of the molecule is CN(C)CCOCCNC(=O)CCCl. The molecule has 0 aliphatic rings. The summed E-state index contributed by atoms with van der Waals surface area (Å²) in [7, 11) is 3.98. The Labute approximate surface area is 90.5 Å². The van der Waals surface area contributed by atoms with Gasteiger partial charge in [-0.05, 0) is 14.1 Å². The maximum absolute atomic E-state index is 10.9. The third kappa shape index (κ3) is 9.77. The summed E-state index contributed by atoms with van der Waals surface area (Å²) in [6.07, 6.45) is 0.374. The molecule has 1 N–H and O–H groups in total. The normalized spacial score (nSPS) is 10.6. The Balaban J connectivity index is 3.09. The van der Waals surface area contributed by atoms with E-state index >= 15 is 0 Å². The van der Waals surface area contributed by atoms with E-state index < -0.39 is 0 Å². The molecule has 0 saturated heterocycles. The van der Waals surface area contributed by atoms with Gasteiger partial charge in [-0.3, -0.25) is 4.79 Å². The number of alkyl halides is 1. The van der Waals surface area contributed by atoms with Crippen LogP contribution in [0.5, 0.6) is 0 Å². The van der Waals surface area contributed by atoms with Crippen LogP contribution in [-0.4, -0.2) is 57.1 Å². The van der Waals surface area contributed by atoms with E-state index in [1.54, 1.807) is 0 Å². The summed E-state index contributed by atoms with van der Waals surface area (Å²) in [6.45, 7) is 2.71. The van der Waals surface area contributed by atoms with Gasteiger partial charge >= 0.3 is 0 Å². The topological polar surface area (TPSA) is 41.6 Å². The van der Waals surface area contributed by atoms with Crippen molar-refractivity contribution in [3.63, 3.8) is 0 Å². The number of rotatable bonds is 8. The molecule has 0 heterocycles. The Morgan fingerprint density at radius 3 is 2.71 bits per heavy atom. The van der Waals surface area contributed by atoms with E-state index in [1.165, 1.54) is 0 Å². The molecule has 0 atom stereocenters. The number of likely N-dealkylation sites (N-methyl/N-ethyl adjacent to an activating group) is 1. The van der Waals surface area contributed by atoms with Gasteiger partial charge in [0.25, 0.3) is 0 Å². The van der Waals surface area contributed by atoms with Crippen LogP contribution >= 0.6 is 11.6 Å². The second-order valence-corrected chi connectivity index (χ2v) is 3.58. The molecule has 0 spiro atoms. The summed E-state index contributed by atoms with van der Waals surface area (Å²) in [5, 5.41) is 2.71. The number of hydrogen-bond acceptors (Lipinski definition) is 3. The summed E-state index contributed by atoms with van der Waals surface area (Å²) in [6, 6.07) is 0. The second-order valence-electron chi connectivity index (χ2n) is 3.20. The molecule has 0 unspecified atom stereocenters. The number of hydrogen-bond donors (Lipinski definition) is 1. The van der Waals surface area contributed by atoms with Crippen LogP contribution in [0, 0.1) is 0 Å². The van der Waals surface area contributed by atoms with Crippen molar-refractivity contribution in [2.75, 3.05) is 46.3 Å². The first-order valence-corrected chi connectivity index (χ1v) is 5.25. The predicted octanol–water partition coefficient (Wildman–Crippen LogP) is 0.310. The van der Waals surface area contributed by atoms with Gasteiger partial charge in [0.1, 0.15) is 0 Å². The van der Waals surface area contributed by atoms with E-state index in [2.05, 4.69) is 5.32 Å². The lowest BCUT2D eigenvalue weighted by Crippen LogP contribution is -2.28. The Hall–Kier alpha value is -0.320. The van der Waals surface area contributed by atoms with Crippen LogP contribution in [0.2, 0.25) is 0 Å². The molecule has 0 radical (unpaired) electrons. The molecule has 0 fully saturated rings. The number of amides is 1. The molecule has 5 heteroatoms. The van der Waals surface area contributed by atoms with Gasteiger partial charge < -0.3 is 15.0 Å².